The Hall–Kier alpha value is -4.84. The second-order valence-corrected chi connectivity index (χ2v) is 9.80. The van der Waals surface area contributed by atoms with Gasteiger partial charge < -0.3 is 9.84 Å². The third kappa shape index (κ3) is 4.55. The molecule has 0 unspecified atom stereocenters. The number of methoxy groups -OCH3 is 1. The van der Waals surface area contributed by atoms with Gasteiger partial charge >= 0.3 is 0 Å². The van der Waals surface area contributed by atoms with E-state index in [4.69, 9.17) is 14.9 Å². The summed E-state index contributed by atoms with van der Waals surface area (Å²) < 4.78 is 7.32. The topological polar surface area (TPSA) is 62.9 Å². The first-order chi connectivity index (χ1) is 19.0. The maximum absolute atomic E-state index is 11.1. The van der Waals surface area contributed by atoms with Crippen LogP contribution in [0.3, 0.4) is 0 Å². The summed E-state index contributed by atoms with van der Waals surface area (Å²) in [6.45, 7) is 3.99. The van der Waals surface area contributed by atoms with Crippen LogP contribution in [0.5, 0.6) is 11.5 Å². The molecular weight excluding hydrogens is 484 g/mol. The van der Waals surface area contributed by atoms with Gasteiger partial charge in [0.05, 0.1) is 41.6 Å². The van der Waals surface area contributed by atoms with Gasteiger partial charge in [-0.1, -0.05) is 54.6 Å². The molecule has 6 heteroatoms. The third-order valence-corrected chi connectivity index (χ3v) is 7.19. The maximum Gasteiger partial charge on any atom is 0.125 e. The van der Waals surface area contributed by atoms with Crippen molar-refractivity contribution in [3.63, 3.8) is 0 Å². The normalized spacial score (nSPS) is 14.9. The minimum atomic E-state index is -0.00718. The van der Waals surface area contributed by atoms with Gasteiger partial charge in [-0.3, -0.25) is 5.01 Å². The number of ether oxygens (including phenoxy) is 1. The largest absolute Gasteiger partial charge is 0.507 e. The molecule has 1 N–H and O–H groups in total. The van der Waals surface area contributed by atoms with Gasteiger partial charge in [0.2, 0.25) is 0 Å². The van der Waals surface area contributed by atoms with Crippen LogP contribution in [0.25, 0.3) is 16.9 Å². The van der Waals surface area contributed by atoms with Crippen molar-refractivity contribution >= 4 is 11.4 Å². The van der Waals surface area contributed by atoms with Gasteiger partial charge in [0.25, 0.3) is 0 Å². The highest BCUT2D eigenvalue weighted by atomic mass is 16.5. The molecule has 39 heavy (non-hydrogen) atoms. The molecule has 0 bridgehead atoms. The number of aromatic nitrogens is 2. The molecule has 0 saturated heterocycles. The average Bonchev–Trinajstić information content (AvgIpc) is 3.55. The van der Waals surface area contributed by atoms with Crippen LogP contribution < -0.4 is 9.75 Å². The molecule has 2 heterocycles. The highest BCUT2D eigenvalue weighted by Gasteiger charge is 2.34. The fourth-order valence-electron chi connectivity index (χ4n) is 5.29. The molecule has 0 spiro atoms. The van der Waals surface area contributed by atoms with Crippen LogP contribution in [0.4, 0.5) is 5.69 Å². The summed E-state index contributed by atoms with van der Waals surface area (Å²) in [7, 11) is 1.68. The lowest BCUT2D eigenvalue weighted by Crippen LogP contribution is -2.18. The Morgan fingerprint density at radius 2 is 1.49 bits per heavy atom. The lowest BCUT2D eigenvalue weighted by atomic mass is 9.94. The van der Waals surface area contributed by atoms with E-state index in [2.05, 4.69) is 29.3 Å². The van der Waals surface area contributed by atoms with Crippen molar-refractivity contribution in [3.8, 4) is 28.4 Å². The standard InChI is InChI=1S/C33H30N4O2/c1-22-14-19-28(31(38)20-22)33-32(23(2)34-37(33)26-12-8-5-9-13-26)29-21-30(24-15-17-27(39-3)18-16-24)36(35-29)25-10-6-4-7-11-25/h4-20,30,38H,21H2,1-3H3/t30-/m1/s1. The molecule has 0 radical (unpaired) electrons. The molecule has 0 fully saturated rings. The first kappa shape index (κ1) is 24.5. The summed E-state index contributed by atoms with van der Waals surface area (Å²) in [5, 5.41) is 23.4. The van der Waals surface area contributed by atoms with Crippen molar-refractivity contribution < 1.29 is 9.84 Å². The van der Waals surface area contributed by atoms with Crippen LogP contribution in [0, 0.1) is 13.8 Å². The van der Waals surface area contributed by atoms with E-state index in [1.165, 1.54) is 0 Å². The van der Waals surface area contributed by atoms with Crippen molar-refractivity contribution in [2.24, 2.45) is 5.10 Å². The van der Waals surface area contributed by atoms with Crippen LogP contribution >= 0.6 is 0 Å². The molecule has 1 aliphatic rings. The van der Waals surface area contributed by atoms with Gasteiger partial charge in [-0.05, 0) is 73.5 Å². The molecule has 1 atom stereocenters. The van der Waals surface area contributed by atoms with Crippen molar-refractivity contribution in [2.45, 2.75) is 26.3 Å². The monoisotopic (exact) mass is 514 g/mol. The average molecular weight is 515 g/mol. The van der Waals surface area contributed by atoms with Crippen LogP contribution in [-0.4, -0.2) is 27.7 Å². The van der Waals surface area contributed by atoms with E-state index in [1.807, 2.05) is 91.3 Å². The lowest BCUT2D eigenvalue weighted by molar-refractivity contribution is 0.414. The number of hydrogen-bond acceptors (Lipinski definition) is 5. The first-order valence-corrected chi connectivity index (χ1v) is 13.0. The summed E-state index contributed by atoms with van der Waals surface area (Å²) in [5.41, 5.74) is 8.35. The van der Waals surface area contributed by atoms with Gasteiger partial charge in [0.1, 0.15) is 11.5 Å². The minimum absolute atomic E-state index is 0.00718. The smallest absolute Gasteiger partial charge is 0.125 e. The second kappa shape index (κ2) is 10.1. The number of aromatic hydroxyl groups is 1. The fraction of sp³-hybridized carbons (Fsp3) is 0.152. The highest BCUT2D eigenvalue weighted by molar-refractivity contribution is 6.09. The Bertz CT molecular complexity index is 1640. The van der Waals surface area contributed by atoms with E-state index >= 15 is 0 Å². The van der Waals surface area contributed by atoms with Gasteiger partial charge in [-0.25, -0.2) is 4.68 Å². The zero-order chi connectivity index (χ0) is 26.9. The maximum atomic E-state index is 11.1. The van der Waals surface area contributed by atoms with E-state index < -0.39 is 0 Å². The van der Waals surface area contributed by atoms with Crippen LogP contribution in [0.2, 0.25) is 0 Å². The van der Waals surface area contributed by atoms with Crippen molar-refractivity contribution in [1.82, 2.24) is 9.78 Å². The van der Waals surface area contributed by atoms with Crippen LogP contribution in [0.1, 0.15) is 34.8 Å². The number of rotatable bonds is 6. The van der Waals surface area contributed by atoms with E-state index in [0.29, 0.717) is 6.42 Å². The number of hydrazone groups is 1. The number of para-hydroxylation sites is 2. The molecular formula is C33H30N4O2. The van der Waals surface area contributed by atoms with Crippen molar-refractivity contribution in [3.05, 3.63) is 126 Å². The van der Waals surface area contributed by atoms with E-state index in [-0.39, 0.29) is 11.8 Å². The Kier molecular flexibility index (Phi) is 6.37. The van der Waals surface area contributed by atoms with Crippen LogP contribution in [-0.2, 0) is 0 Å². The zero-order valence-corrected chi connectivity index (χ0v) is 22.2. The number of hydrogen-bond donors (Lipinski definition) is 1. The quantitative estimate of drug-likeness (QED) is 0.260. The molecule has 4 aromatic carbocycles. The molecule has 1 aliphatic heterocycles. The number of anilines is 1. The number of nitrogens with zero attached hydrogens (tertiary/aromatic N) is 4. The van der Waals surface area contributed by atoms with E-state index in [0.717, 1.165) is 56.5 Å². The summed E-state index contributed by atoms with van der Waals surface area (Å²) >= 11 is 0. The number of aryl methyl sites for hydroxylation is 2. The molecule has 6 rings (SSSR count). The molecule has 194 valence electrons. The Labute approximate surface area is 228 Å². The zero-order valence-electron chi connectivity index (χ0n) is 22.2. The van der Waals surface area contributed by atoms with Crippen LogP contribution in [0.15, 0.2) is 108 Å². The number of phenolic OH excluding ortho intramolecular Hbond substituents is 1. The highest BCUT2D eigenvalue weighted by Crippen LogP contribution is 2.42. The predicted molar refractivity (Wildman–Crippen MR) is 156 cm³/mol. The summed E-state index contributed by atoms with van der Waals surface area (Å²) in [4.78, 5) is 0. The molecule has 1 aromatic heterocycles. The second-order valence-electron chi connectivity index (χ2n) is 9.80. The van der Waals surface area contributed by atoms with Gasteiger partial charge in [-0.15, -0.1) is 0 Å². The number of phenols is 1. The van der Waals surface area contributed by atoms with Gasteiger partial charge in [0, 0.05) is 17.5 Å². The third-order valence-electron chi connectivity index (χ3n) is 7.19. The van der Waals surface area contributed by atoms with Gasteiger partial charge in [-0.2, -0.15) is 10.2 Å². The Morgan fingerprint density at radius 3 is 2.13 bits per heavy atom. The SMILES string of the molecule is COc1ccc([C@H]2CC(c3c(C)nn(-c4ccccc4)c3-c3ccc(C)cc3O)=NN2c2ccccc2)cc1. The Balaban J connectivity index is 1.54. The van der Waals surface area contributed by atoms with E-state index in [9.17, 15) is 5.11 Å². The minimum Gasteiger partial charge on any atom is -0.507 e. The van der Waals surface area contributed by atoms with E-state index in [1.54, 1.807) is 13.2 Å². The summed E-state index contributed by atoms with van der Waals surface area (Å²) in [6, 6.07) is 34.2. The number of benzene rings is 4. The molecule has 6 nitrogen and oxygen atoms in total. The van der Waals surface area contributed by atoms with Gasteiger partial charge in [0.15, 0.2) is 0 Å². The molecule has 5 aromatic rings. The molecule has 0 amide bonds. The fourth-order valence-corrected chi connectivity index (χ4v) is 5.29. The summed E-state index contributed by atoms with van der Waals surface area (Å²) in [5.74, 6) is 1.04. The van der Waals surface area contributed by atoms with Crippen molar-refractivity contribution in [2.75, 3.05) is 12.1 Å². The summed E-state index contributed by atoms with van der Waals surface area (Å²) in [6.07, 6.45) is 0.683. The molecule has 0 aliphatic carbocycles. The molecule has 0 saturated carbocycles. The first-order valence-electron chi connectivity index (χ1n) is 13.0. The predicted octanol–water partition coefficient (Wildman–Crippen LogP) is 7.23. The van der Waals surface area contributed by atoms with Crippen molar-refractivity contribution in [1.29, 1.82) is 0 Å². The Morgan fingerprint density at radius 1 is 0.821 bits per heavy atom. The lowest BCUT2D eigenvalue weighted by Gasteiger charge is -2.24.